The van der Waals surface area contributed by atoms with Crippen LogP contribution in [0.15, 0.2) is 48.6 Å². The van der Waals surface area contributed by atoms with Gasteiger partial charge in [-0.3, -0.25) is 23.2 Å². The van der Waals surface area contributed by atoms with E-state index >= 15 is 0 Å². The first-order valence-corrected chi connectivity index (χ1v) is 24.4. The summed E-state index contributed by atoms with van der Waals surface area (Å²) < 4.78 is 47.6. The van der Waals surface area contributed by atoms with Crippen LogP contribution >= 0.6 is 15.6 Å². The van der Waals surface area contributed by atoms with E-state index in [9.17, 15) is 33.8 Å². The van der Waals surface area contributed by atoms with Crippen molar-refractivity contribution in [2.24, 2.45) is 0 Å². The maximum atomic E-state index is 12.6. The van der Waals surface area contributed by atoms with E-state index in [0.717, 1.165) is 57.8 Å². The van der Waals surface area contributed by atoms with Gasteiger partial charge in [-0.15, -0.1) is 0 Å². The summed E-state index contributed by atoms with van der Waals surface area (Å²) >= 11 is 0. The quantitative estimate of drug-likeness (QED) is 0.0168. The number of phosphoric acid groups is 2. The van der Waals surface area contributed by atoms with Crippen molar-refractivity contribution in [1.29, 1.82) is 0 Å². The van der Waals surface area contributed by atoms with E-state index in [1.807, 2.05) is 30.4 Å². The largest absolute Gasteiger partial charge is 0.472 e. The average Bonchev–Trinajstić information content (AvgIpc) is 3.18. The number of hydrogen-bond acceptors (Lipinski definition) is 11. The molecule has 0 aliphatic rings. The van der Waals surface area contributed by atoms with Gasteiger partial charge < -0.3 is 34.4 Å². The summed E-state index contributed by atoms with van der Waals surface area (Å²) in [6.07, 6.45) is 34.5. The van der Waals surface area contributed by atoms with E-state index in [2.05, 4.69) is 41.1 Å². The molecule has 0 fully saturated rings. The van der Waals surface area contributed by atoms with Crippen molar-refractivity contribution >= 4 is 27.6 Å². The number of carbonyl (C=O) groups is 2. The Kier molecular flexibility index (Phi) is 36.7. The highest BCUT2D eigenvalue weighted by atomic mass is 31.2. The highest BCUT2D eigenvalue weighted by Crippen LogP contribution is 2.43. The third kappa shape index (κ3) is 40.8. The fraction of sp³-hybridized carbons (Fsp3) is 0.762. The van der Waals surface area contributed by atoms with Gasteiger partial charge >= 0.3 is 27.6 Å². The Balaban J connectivity index is 4.65. The number of aliphatic hydroxyl groups is 2. The van der Waals surface area contributed by atoms with Gasteiger partial charge in [-0.1, -0.05) is 152 Å². The minimum Gasteiger partial charge on any atom is -0.462 e. The average molecular weight is 867 g/mol. The van der Waals surface area contributed by atoms with Crippen LogP contribution < -0.4 is 0 Å². The number of aliphatic hydroxyl groups excluding tert-OH is 2. The Labute approximate surface area is 348 Å². The molecule has 0 radical (unpaired) electrons. The summed E-state index contributed by atoms with van der Waals surface area (Å²) in [5.74, 6) is -1.12. The zero-order chi connectivity index (χ0) is 43.2. The van der Waals surface area contributed by atoms with Gasteiger partial charge in [0.25, 0.3) is 0 Å². The number of unbranched alkanes of at least 4 members (excludes halogenated alkanes) is 14. The number of ether oxygens (including phenoxy) is 2. The van der Waals surface area contributed by atoms with Crippen molar-refractivity contribution in [2.45, 2.75) is 180 Å². The third-order valence-corrected chi connectivity index (χ3v) is 10.2. The molecule has 0 bridgehead atoms. The number of carbonyl (C=O) groups excluding carboxylic acids is 2. The molecule has 0 amide bonds. The van der Waals surface area contributed by atoms with Crippen LogP contribution in [0, 0.1) is 0 Å². The highest BCUT2D eigenvalue weighted by Gasteiger charge is 2.28. The molecule has 0 aromatic carbocycles. The normalized spacial score (nSPS) is 15.1. The molecule has 0 aliphatic heterocycles. The fourth-order valence-electron chi connectivity index (χ4n) is 5.48. The molecule has 0 heterocycles. The fourth-order valence-corrected chi connectivity index (χ4v) is 6.63. The smallest absolute Gasteiger partial charge is 0.462 e. The number of rotatable bonds is 40. The van der Waals surface area contributed by atoms with Crippen molar-refractivity contribution in [3.05, 3.63) is 48.6 Å². The lowest BCUT2D eigenvalue weighted by Crippen LogP contribution is -2.29. The van der Waals surface area contributed by atoms with Crippen molar-refractivity contribution in [2.75, 3.05) is 26.4 Å². The standard InChI is InChI=1S/C42H76O14P2/c1-3-5-7-8-9-10-11-12-16-19-22-25-28-32-41(45)52-36-40(37-55-58(50,51)54-35-39(44)34-53-57(47,48)49)56-42(46)33-29-26-23-20-17-14-13-15-18-21-24-27-31-38(43)30-6-4-2/h13-14,18,20-21,23,27,31,38-40,43-44H,3-12,15-17,19,22,24-26,28-30,32-37H2,1-2H3,(H,50,51)(H2,47,48,49)/b14-13-,21-18-,23-20-,31-27-/t38-,39+,40-/m1/s1. The second-order valence-electron chi connectivity index (χ2n) is 14.4. The molecule has 0 aromatic rings. The molecule has 16 heteroatoms. The van der Waals surface area contributed by atoms with E-state index in [0.29, 0.717) is 19.3 Å². The first-order valence-electron chi connectivity index (χ1n) is 21.4. The van der Waals surface area contributed by atoms with Crippen LogP contribution in [0.25, 0.3) is 0 Å². The zero-order valence-electron chi connectivity index (χ0n) is 35.2. The molecule has 0 saturated carbocycles. The first-order chi connectivity index (χ1) is 27.8. The Morgan fingerprint density at radius 1 is 0.552 bits per heavy atom. The maximum Gasteiger partial charge on any atom is 0.472 e. The predicted octanol–water partition coefficient (Wildman–Crippen LogP) is 9.64. The molecule has 14 nitrogen and oxygen atoms in total. The minimum absolute atomic E-state index is 0.0392. The summed E-state index contributed by atoms with van der Waals surface area (Å²) in [6.45, 7) is 1.53. The van der Waals surface area contributed by atoms with Gasteiger partial charge in [0, 0.05) is 12.8 Å². The number of allylic oxidation sites excluding steroid dienone is 7. The van der Waals surface area contributed by atoms with Crippen molar-refractivity contribution < 1.29 is 66.7 Å². The van der Waals surface area contributed by atoms with Crippen LogP contribution in [-0.4, -0.2) is 81.6 Å². The monoisotopic (exact) mass is 866 g/mol. The van der Waals surface area contributed by atoms with Gasteiger partial charge in [0.1, 0.15) is 12.7 Å². The number of esters is 2. The second-order valence-corrected chi connectivity index (χ2v) is 17.1. The molecule has 5 N–H and O–H groups in total. The van der Waals surface area contributed by atoms with Crippen LogP contribution in [-0.2, 0) is 41.8 Å². The van der Waals surface area contributed by atoms with E-state index < -0.39 is 66.2 Å². The van der Waals surface area contributed by atoms with Gasteiger partial charge in [0.05, 0.1) is 25.9 Å². The Bertz CT molecular complexity index is 1230. The molecule has 4 atom stereocenters. The van der Waals surface area contributed by atoms with E-state index in [4.69, 9.17) is 23.8 Å². The third-order valence-electron chi connectivity index (χ3n) is 8.78. The summed E-state index contributed by atoms with van der Waals surface area (Å²) in [4.78, 5) is 52.6. The molecule has 0 rings (SSSR count). The molecule has 0 aromatic heterocycles. The van der Waals surface area contributed by atoms with E-state index in [1.165, 1.54) is 57.8 Å². The van der Waals surface area contributed by atoms with Crippen molar-refractivity contribution in [3.63, 3.8) is 0 Å². The van der Waals surface area contributed by atoms with Crippen LogP contribution in [0.1, 0.15) is 162 Å². The minimum atomic E-state index is -4.87. The van der Waals surface area contributed by atoms with Crippen LogP contribution in [0.5, 0.6) is 0 Å². The Morgan fingerprint density at radius 3 is 1.60 bits per heavy atom. The molecule has 0 aliphatic carbocycles. The summed E-state index contributed by atoms with van der Waals surface area (Å²) in [5, 5.41) is 19.5. The first kappa shape index (κ1) is 56.0. The van der Waals surface area contributed by atoms with Gasteiger partial charge in [0.15, 0.2) is 6.10 Å². The van der Waals surface area contributed by atoms with Crippen LogP contribution in [0.3, 0.4) is 0 Å². The zero-order valence-corrected chi connectivity index (χ0v) is 37.0. The molecule has 1 unspecified atom stereocenters. The van der Waals surface area contributed by atoms with Gasteiger partial charge in [-0.2, -0.15) is 0 Å². The molecule has 0 saturated heterocycles. The summed E-state index contributed by atoms with van der Waals surface area (Å²) in [5.41, 5.74) is 0. The van der Waals surface area contributed by atoms with Gasteiger partial charge in [-0.25, -0.2) is 9.13 Å². The lowest BCUT2D eigenvalue weighted by molar-refractivity contribution is -0.161. The van der Waals surface area contributed by atoms with E-state index in [1.54, 1.807) is 0 Å². The van der Waals surface area contributed by atoms with Crippen molar-refractivity contribution in [1.82, 2.24) is 0 Å². The Hall–Kier alpha value is -1.96. The summed E-state index contributed by atoms with van der Waals surface area (Å²) in [6, 6.07) is 0. The van der Waals surface area contributed by atoms with Crippen molar-refractivity contribution in [3.8, 4) is 0 Å². The lowest BCUT2D eigenvalue weighted by atomic mass is 10.0. The number of phosphoric ester groups is 2. The van der Waals surface area contributed by atoms with Crippen LogP contribution in [0.4, 0.5) is 0 Å². The SMILES string of the molecule is CCCCCCCCCCCCCCCC(=O)OC[C@H](COP(=O)(O)OC[C@@H](O)COP(=O)(O)O)OC(=O)CCC/C=C\C/C=C\C/C=C\C/C=C\[C@H](O)CCCC. The van der Waals surface area contributed by atoms with Gasteiger partial charge in [0.2, 0.25) is 0 Å². The summed E-state index contributed by atoms with van der Waals surface area (Å²) in [7, 11) is -9.70. The predicted molar refractivity (Wildman–Crippen MR) is 227 cm³/mol. The molecule has 58 heavy (non-hydrogen) atoms. The maximum absolute atomic E-state index is 12.6. The molecular formula is C42H76O14P2. The van der Waals surface area contributed by atoms with Gasteiger partial charge in [-0.05, 0) is 44.9 Å². The second kappa shape index (κ2) is 38.0. The molecular weight excluding hydrogens is 790 g/mol. The molecule has 338 valence electrons. The topological polar surface area (TPSA) is 216 Å². The van der Waals surface area contributed by atoms with Crippen LogP contribution in [0.2, 0.25) is 0 Å². The Morgan fingerprint density at radius 2 is 1.03 bits per heavy atom. The highest BCUT2D eigenvalue weighted by molar-refractivity contribution is 7.47. The van der Waals surface area contributed by atoms with E-state index in [-0.39, 0.29) is 18.9 Å². The number of hydrogen-bond donors (Lipinski definition) is 5. The molecule has 0 spiro atoms. The lowest BCUT2D eigenvalue weighted by Gasteiger charge is -2.20.